The molecule has 2 heterocycles. The number of piperidine rings is 1. The molecular weight excluding hydrogens is 324 g/mol. The maximum absolute atomic E-state index is 12.5. The van der Waals surface area contributed by atoms with Crippen LogP contribution in [0.25, 0.3) is 0 Å². The minimum absolute atomic E-state index is 0.155. The molecule has 0 saturated carbocycles. The van der Waals surface area contributed by atoms with E-state index in [0.717, 1.165) is 30.6 Å². The van der Waals surface area contributed by atoms with Crippen molar-refractivity contribution >= 4 is 12.0 Å². The second-order valence-electron chi connectivity index (χ2n) is 6.22. The summed E-state index contributed by atoms with van der Waals surface area (Å²) in [5, 5.41) is 2.92. The molecule has 0 bridgehead atoms. The highest BCUT2D eigenvalue weighted by atomic mass is 16.5. The zero-order chi connectivity index (χ0) is 17.6. The van der Waals surface area contributed by atoms with Crippen molar-refractivity contribution in [3.05, 3.63) is 23.8 Å². The molecule has 0 aliphatic carbocycles. The van der Waals surface area contributed by atoms with Gasteiger partial charge in [0.25, 0.3) is 0 Å². The predicted molar refractivity (Wildman–Crippen MR) is 90.6 cm³/mol. The number of nitrogens with zero attached hydrogens (tertiary/aromatic N) is 1. The summed E-state index contributed by atoms with van der Waals surface area (Å²) < 4.78 is 16.1. The first kappa shape index (κ1) is 17.4. The lowest BCUT2D eigenvalue weighted by molar-refractivity contribution is -0.127. The average molecular weight is 348 g/mol. The molecule has 7 nitrogen and oxygen atoms in total. The van der Waals surface area contributed by atoms with E-state index in [0.29, 0.717) is 38.5 Å². The fraction of sp³-hybridized carbons (Fsp3) is 0.556. The van der Waals surface area contributed by atoms with Crippen LogP contribution in [-0.2, 0) is 16.1 Å². The fourth-order valence-corrected chi connectivity index (χ4v) is 3.16. The summed E-state index contributed by atoms with van der Waals surface area (Å²) >= 11 is 0. The molecule has 1 N–H and O–H groups in total. The van der Waals surface area contributed by atoms with Crippen molar-refractivity contribution in [2.75, 3.05) is 26.9 Å². The largest absolute Gasteiger partial charge is 0.490 e. The molecule has 1 saturated heterocycles. The molecular formula is C18H24N2O5. The Bertz CT molecular complexity index is 634. The number of amides is 2. The maximum atomic E-state index is 12.5. The Morgan fingerprint density at radius 1 is 1.20 bits per heavy atom. The van der Waals surface area contributed by atoms with Gasteiger partial charge in [-0.1, -0.05) is 6.07 Å². The molecule has 3 rings (SSSR count). The third kappa shape index (κ3) is 4.15. The van der Waals surface area contributed by atoms with E-state index in [1.165, 1.54) is 12.0 Å². The van der Waals surface area contributed by atoms with Crippen LogP contribution in [0.2, 0.25) is 0 Å². The summed E-state index contributed by atoms with van der Waals surface area (Å²) in [5.74, 6) is 1.28. The van der Waals surface area contributed by atoms with Crippen molar-refractivity contribution in [1.29, 1.82) is 0 Å². The van der Waals surface area contributed by atoms with E-state index in [1.54, 1.807) is 0 Å². The zero-order valence-electron chi connectivity index (χ0n) is 14.5. The predicted octanol–water partition coefficient (Wildman–Crippen LogP) is 2.08. The molecule has 7 heteroatoms. The van der Waals surface area contributed by atoms with Crippen LogP contribution >= 0.6 is 0 Å². The molecule has 0 spiro atoms. The van der Waals surface area contributed by atoms with E-state index in [4.69, 9.17) is 14.2 Å². The molecule has 25 heavy (non-hydrogen) atoms. The minimum atomic E-state index is -0.471. The second-order valence-corrected chi connectivity index (χ2v) is 6.22. The Balaban J connectivity index is 1.61. The van der Waals surface area contributed by atoms with Gasteiger partial charge in [-0.25, -0.2) is 4.79 Å². The summed E-state index contributed by atoms with van der Waals surface area (Å²) in [7, 11) is 1.34. The third-order valence-electron chi connectivity index (χ3n) is 4.49. The number of carbonyl (C=O) groups is 2. The zero-order valence-corrected chi connectivity index (χ0v) is 14.5. The van der Waals surface area contributed by atoms with E-state index >= 15 is 0 Å². The van der Waals surface area contributed by atoms with E-state index < -0.39 is 12.1 Å². The van der Waals surface area contributed by atoms with Crippen LogP contribution in [0.4, 0.5) is 4.79 Å². The van der Waals surface area contributed by atoms with Crippen molar-refractivity contribution < 1.29 is 23.8 Å². The third-order valence-corrected chi connectivity index (χ3v) is 4.49. The number of hydrogen-bond acceptors (Lipinski definition) is 5. The summed E-state index contributed by atoms with van der Waals surface area (Å²) in [5.41, 5.74) is 0.929. The van der Waals surface area contributed by atoms with Crippen LogP contribution in [0, 0.1) is 0 Å². The number of fused-ring (bicyclic) bond motifs is 1. The van der Waals surface area contributed by atoms with Gasteiger partial charge in [0, 0.05) is 19.5 Å². The monoisotopic (exact) mass is 348 g/mol. The van der Waals surface area contributed by atoms with E-state index in [2.05, 4.69) is 5.32 Å². The van der Waals surface area contributed by atoms with Gasteiger partial charge in [-0.2, -0.15) is 0 Å². The lowest BCUT2D eigenvalue weighted by Crippen LogP contribution is -2.51. The SMILES string of the molecule is COC(=O)N1CCCC[C@@H]1C(=O)NCc1ccc2c(c1)OCCCO2. The van der Waals surface area contributed by atoms with Gasteiger partial charge in [0.2, 0.25) is 5.91 Å². The van der Waals surface area contributed by atoms with Crippen LogP contribution in [0.5, 0.6) is 11.5 Å². The molecule has 2 aliphatic heterocycles. The molecule has 1 aromatic rings. The summed E-state index contributed by atoms with van der Waals surface area (Å²) in [6, 6.07) is 5.19. The van der Waals surface area contributed by atoms with Gasteiger partial charge in [0.05, 0.1) is 20.3 Å². The van der Waals surface area contributed by atoms with E-state index in [-0.39, 0.29) is 5.91 Å². The summed E-state index contributed by atoms with van der Waals surface area (Å²) in [6.45, 7) is 2.20. The van der Waals surface area contributed by atoms with E-state index in [1.807, 2.05) is 18.2 Å². The van der Waals surface area contributed by atoms with Gasteiger partial charge in [-0.05, 0) is 37.0 Å². The quantitative estimate of drug-likeness (QED) is 0.905. The highest BCUT2D eigenvalue weighted by Gasteiger charge is 2.32. The van der Waals surface area contributed by atoms with E-state index in [9.17, 15) is 9.59 Å². The molecule has 0 aromatic heterocycles. The molecule has 1 aromatic carbocycles. The van der Waals surface area contributed by atoms with Crippen molar-refractivity contribution in [2.45, 2.75) is 38.3 Å². The molecule has 0 radical (unpaired) electrons. The number of rotatable bonds is 3. The van der Waals surface area contributed by atoms with Gasteiger partial charge >= 0.3 is 6.09 Å². The molecule has 2 amide bonds. The average Bonchev–Trinajstić information content (AvgIpc) is 2.90. The molecule has 2 aliphatic rings. The fourth-order valence-electron chi connectivity index (χ4n) is 3.16. The smallest absolute Gasteiger partial charge is 0.410 e. The normalized spacial score (nSPS) is 19.7. The first-order valence-corrected chi connectivity index (χ1v) is 8.70. The highest BCUT2D eigenvalue weighted by molar-refractivity contribution is 5.85. The van der Waals surface area contributed by atoms with Crippen LogP contribution < -0.4 is 14.8 Å². The lowest BCUT2D eigenvalue weighted by atomic mass is 10.0. The van der Waals surface area contributed by atoms with Crippen molar-refractivity contribution in [2.24, 2.45) is 0 Å². The van der Waals surface area contributed by atoms with Gasteiger partial charge in [-0.15, -0.1) is 0 Å². The Hall–Kier alpha value is -2.44. The number of benzene rings is 1. The van der Waals surface area contributed by atoms with Crippen LogP contribution in [0.1, 0.15) is 31.2 Å². The number of hydrogen-bond donors (Lipinski definition) is 1. The number of carbonyl (C=O) groups excluding carboxylic acids is 2. The summed E-state index contributed by atoms with van der Waals surface area (Å²) in [6.07, 6.45) is 2.88. The number of likely N-dealkylation sites (tertiary alicyclic amines) is 1. The van der Waals surface area contributed by atoms with Crippen molar-refractivity contribution in [3.8, 4) is 11.5 Å². The number of methoxy groups -OCH3 is 1. The van der Waals surface area contributed by atoms with Gasteiger partial charge < -0.3 is 19.5 Å². The molecule has 136 valence electrons. The molecule has 1 fully saturated rings. The van der Waals surface area contributed by atoms with Crippen LogP contribution in [0.3, 0.4) is 0 Å². The Morgan fingerprint density at radius 2 is 2.00 bits per heavy atom. The first-order chi connectivity index (χ1) is 12.2. The second kappa shape index (κ2) is 8.09. The van der Waals surface area contributed by atoms with Crippen molar-refractivity contribution in [3.63, 3.8) is 0 Å². The number of ether oxygens (including phenoxy) is 3. The van der Waals surface area contributed by atoms with Crippen LogP contribution in [-0.4, -0.2) is 49.8 Å². The van der Waals surface area contributed by atoms with Gasteiger partial charge in [0.15, 0.2) is 11.5 Å². The van der Waals surface area contributed by atoms with Gasteiger partial charge in [0.1, 0.15) is 6.04 Å². The Morgan fingerprint density at radius 3 is 2.80 bits per heavy atom. The molecule has 0 unspecified atom stereocenters. The lowest BCUT2D eigenvalue weighted by Gasteiger charge is -2.33. The van der Waals surface area contributed by atoms with Crippen LogP contribution in [0.15, 0.2) is 18.2 Å². The highest BCUT2D eigenvalue weighted by Crippen LogP contribution is 2.30. The molecule has 1 atom stereocenters. The maximum Gasteiger partial charge on any atom is 0.410 e. The first-order valence-electron chi connectivity index (χ1n) is 8.70. The standard InChI is InChI=1S/C18H24N2O5/c1-23-18(22)20-8-3-2-5-14(20)17(21)19-12-13-6-7-15-16(11-13)25-10-4-9-24-15/h6-7,11,14H,2-5,8-10,12H2,1H3,(H,19,21)/t14-/m1/s1. The minimum Gasteiger partial charge on any atom is -0.490 e. The summed E-state index contributed by atoms with van der Waals surface area (Å²) in [4.78, 5) is 25.9. The Labute approximate surface area is 147 Å². The topological polar surface area (TPSA) is 77.1 Å². The number of nitrogens with one attached hydrogen (secondary N) is 1. The van der Waals surface area contributed by atoms with Gasteiger partial charge in [-0.3, -0.25) is 9.69 Å². The van der Waals surface area contributed by atoms with Crippen molar-refractivity contribution in [1.82, 2.24) is 10.2 Å². The Kier molecular flexibility index (Phi) is 5.63.